The van der Waals surface area contributed by atoms with Crippen molar-refractivity contribution < 1.29 is 9.18 Å². The molecule has 0 radical (unpaired) electrons. The number of amides is 1. The van der Waals surface area contributed by atoms with Crippen LogP contribution in [0.4, 0.5) is 4.39 Å². The third-order valence-electron chi connectivity index (χ3n) is 3.61. The van der Waals surface area contributed by atoms with Crippen LogP contribution in [0, 0.1) is 5.82 Å². The Bertz CT molecular complexity index is 1030. The van der Waals surface area contributed by atoms with Crippen molar-refractivity contribution in [3.8, 4) is 0 Å². The Labute approximate surface area is 142 Å². The summed E-state index contributed by atoms with van der Waals surface area (Å²) >= 11 is 0. The quantitative estimate of drug-likeness (QED) is 0.586. The maximum absolute atomic E-state index is 13.1. The standard InChI is InChI=1S/C18H15FN4O2/c1-2-23-18(25)15-9-4-3-8-14(15)16(22-23)17(24)21-20-11-12-6-5-7-13(19)10-12/h3-11H,2H2,1H3,(H,21,24)/b20-11-. The van der Waals surface area contributed by atoms with E-state index in [9.17, 15) is 14.0 Å². The zero-order valence-electron chi connectivity index (χ0n) is 13.4. The van der Waals surface area contributed by atoms with E-state index in [1.807, 2.05) is 0 Å². The minimum absolute atomic E-state index is 0.105. The number of rotatable bonds is 4. The van der Waals surface area contributed by atoms with E-state index in [2.05, 4.69) is 15.6 Å². The van der Waals surface area contributed by atoms with Gasteiger partial charge in [-0.05, 0) is 30.7 Å². The summed E-state index contributed by atoms with van der Waals surface area (Å²) < 4.78 is 14.4. The molecule has 1 N–H and O–H groups in total. The third-order valence-corrected chi connectivity index (χ3v) is 3.61. The van der Waals surface area contributed by atoms with Crippen LogP contribution < -0.4 is 11.0 Å². The Hall–Kier alpha value is -3.35. The van der Waals surface area contributed by atoms with Gasteiger partial charge in [0.2, 0.25) is 0 Å². The molecule has 0 saturated carbocycles. The SMILES string of the molecule is CCn1nc(C(=O)N/N=C\c2cccc(F)c2)c2ccccc2c1=O. The van der Waals surface area contributed by atoms with E-state index in [0.29, 0.717) is 22.9 Å². The number of aryl methyl sites for hydroxylation is 1. The molecule has 0 fully saturated rings. The number of halogens is 1. The van der Waals surface area contributed by atoms with Gasteiger partial charge in [-0.3, -0.25) is 9.59 Å². The lowest BCUT2D eigenvalue weighted by Gasteiger charge is -2.08. The van der Waals surface area contributed by atoms with Crippen LogP contribution in [0.15, 0.2) is 58.4 Å². The Morgan fingerprint density at radius 2 is 2.00 bits per heavy atom. The Morgan fingerprint density at radius 1 is 1.24 bits per heavy atom. The van der Waals surface area contributed by atoms with E-state index >= 15 is 0 Å². The fourth-order valence-electron chi connectivity index (χ4n) is 2.42. The van der Waals surface area contributed by atoms with E-state index in [-0.39, 0.29) is 11.3 Å². The minimum Gasteiger partial charge on any atom is -0.267 e. The molecule has 3 rings (SSSR count). The molecule has 7 heteroatoms. The van der Waals surface area contributed by atoms with E-state index in [1.165, 1.54) is 23.0 Å². The van der Waals surface area contributed by atoms with Gasteiger partial charge in [-0.25, -0.2) is 14.5 Å². The molecule has 2 aromatic carbocycles. The molecule has 126 valence electrons. The molecule has 0 saturated heterocycles. The highest BCUT2D eigenvalue weighted by Crippen LogP contribution is 2.13. The molecule has 1 amide bonds. The van der Waals surface area contributed by atoms with Crippen LogP contribution in [0.3, 0.4) is 0 Å². The van der Waals surface area contributed by atoms with Gasteiger partial charge in [0.05, 0.1) is 11.6 Å². The number of aromatic nitrogens is 2. The summed E-state index contributed by atoms with van der Waals surface area (Å²) in [5.74, 6) is -0.941. The molecular weight excluding hydrogens is 323 g/mol. The van der Waals surface area contributed by atoms with Crippen molar-refractivity contribution >= 4 is 22.9 Å². The summed E-state index contributed by atoms with van der Waals surface area (Å²) in [5, 5.41) is 8.81. The molecule has 0 aliphatic carbocycles. The smallest absolute Gasteiger partial charge is 0.267 e. The minimum atomic E-state index is -0.550. The van der Waals surface area contributed by atoms with Crippen molar-refractivity contribution in [2.24, 2.45) is 5.10 Å². The van der Waals surface area contributed by atoms with Crippen LogP contribution in [0.1, 0.15) is 23.0 Å². The zero-order chi connectivity index (χ0) is 17.8. The van der Waals surface area contributed by atoms with E-state index in [1.54, 1.807) is 43.3 Å². The summed E-state index contributed by atoms with van der Waals surface area (Å²) in [6.07, 6.45) is 1.33. The molecule has 0 unspecified atom stereocenters. The lowest BCUT2D eigenvalue weighted by Crippen LogP contribution is -2.28. The topological polar surface area (TPSA) is 76.3 Å². The number of nitrogens with zero attached hydrogens (tertiary/aromatic N) is 3. The van der Waals surface area contributed by atoms with Gasteiger partial charge in [0, 0.05) is 11.9 Å². The van der Waals surface area contributed by atoms with Crippen LogP contribution in [-0.2, 0) is 6.54 Å². The fraction of sp³-hybridized carbons (Fsp3) is 0.111. The van der Waals surface area contributed by atoms with Crippen molar-refractivity contribution in [3.05, 3.63) is 76.0 Å². The van der Waals surface area contributed by atoms with E-state index in [0.717, 1.165) is 0 Å². The molecule has 1 heterocycles. The molecule has 0 aliphatic rings. The van der Waals surface area contributed by atoms with Crippen LogP contribution >= 0.6 is 0 Å². The van der Waals surface area contributed by atoms with Gasteiger partial charge < -0.3 is 0 Å². The Balaban J connectivity index is 1.92. The van der Waals surface area contributed by atoms with Gasteiger partial charge in [0.25, 0.3) is 11.5 Å². The molecule has 0 aliphatic heterocycles. The molecule has 6 nitrogen and oxygen atoms in total. The summed E-state index contributed by atoms with van der Waals surface area (Å²) in [5.41, 5.74) is 2.72. The second kappa shape index (κ2) is 7.04. The van der Waals surface area contributed by atoms with Crippen LogP contribution in [0.25, 0.3) is 10.8 Å². The first-order chi connectivity index (χ1) is 12.1. The van der Waals surface area contributed by atoms with Gasteiger partial charge in [0.1, 0.15) is 5.82 Å². The Morgan fingerprint density at radius 3 is 2.72 bits per heavy atom. The summed E-state index contributed by atoms with van der Waals surface area (Å²) in [6.45, 7) is 2.11. The average Bonchev–Trinajstić information content (AvgIpc) is 2.62. The summed E-state index contributed by atoms with van der Waals surface area (Å²) in [6, 6.07) is 12.6. The molecule has 1 aromatic heterocycles. The van der Waals surface area contributed by atoms with E-state index < -0.39 is 11.7 Å². The highest BCUT2D eigenvalue weighted by molar-refractivity contribution is 6.04. The zero-order valence-corrected chi connectivity index (χ0v) is 13.4. The monoisotopic (exact) mass is 338 g/mol. The Kier molecular flexibility index (Phi) is 4.65. The van der Waals surface area contributed by atoms with Crippen LogP contribution in [-0.4, -0.2) is 21.9 Å². The van der Waals surface area contributed by atoms with E-state index in [4.69, 9.17) is 0 Å². The molecule has 25 heavy (non-hydrogen) atoms. The lowest BCUT2D eigenvalue weighted by atomic mass is 10.1. The van der Waals surface area contributed by atoms with Gasteiger partial charge >= 0.3 is 0 Å². The maximum atomic E-state index is 13.1. The van der Waals surface area contributed by atoms with Crippen LogP contribution in [0.5, 0.6) is 0 Å². The van der Waals surface area contributed by atoms with Crippen molar-refractivity contribution in [2.75, 3.05) is 0 Å². The van der Waals surface area contributed by atoms with Gasteiger partial charge in [0.15, 0.2) is 5.69 Å². The first-order valence-corrected chi connectivity index (χ1v) is 7.69. The number of benzene rings is 2. The van der Waals surface area contributed by atoms with Gasteiger partial charge in [-0.2, -0.15) is 10.2 Å². The largest absolute Gasteiger partial charge is 0.292 e. The molecule has 0 spiro atoms. The number of carbonyl (C=O) groups is 1. The number of fused-ring (bicyclic) bond motifs is 1. The van der Waals surface area contributed by atoms with Crippen molar-refractivity contribution in [3.63, 3.8) is 0 Å². The van der Waals surface area contributed by atoms with Gasteiger partial charge in [-0.1, -0.05) is 30.3 Å². The van der Waals surface area contributed by atoms with Crippen molar-refractivity contribution in [1.29, 1.82) is 0 Å². The number of nitrogens with one attached hydrogen (secondary N) is 1. The number of hydrogen-bond acceptors (Lipinski definition) is 4. The second-order valence-corrected chi connectivity index (χ2v) is 5.27. The second-order valence-electron chi connectivity index (χ2n) is 5.27. The number of carbonyl (C=O) groups excluding carboxylic acids is 1. The normalized spacial score (nSPS) is 11.1. The predicted molar refractivity (Wildman–Crippen MR) is 93.1 cm³/mol. The summed E-state index contributed by atoms with van der Waals surface area (Å²) in [7, 11) is 0. The van der Waals surface area contributed by atoms with Crippen molar-refractivity contribution in [2.45, 2.75) is 13.5 Å². The fourth-order valence-corrected chi connectivity index (χ4v) is 2.42. The number of hydrogen-bond donors (Lipinski definition) is 1. The first-order valence-electron chi connectivity index (χ1n) is 7.69. The molecule has 0 bridgehead atoms. The maximum Gasteiger partial charge on any atom is 0.292 e. The lowest BCUT2D eigenvalue weighted by molar-refractivity contribution is 0.0949. The average molecular weight is 338 g/mol. The third kappa shape index (κ3) is 3.45. The van der Waals surface area contributed by atoms with Gasteiger partial charge in [-0.15, -0.1) is 0 Å². The predicted octanol–water partition coefficient (Wildman–Crippen LogP) is 2.32. The van der Waals surface area contributed by atoms with Crippen molar-refractivity contribution in [1.82, 2.24) is 15.2 Å². The molecule has 0 atom stereocenters. The highest BCUT2D eigenvalue weighted by Gasteiger charge is 2.15. The van der Waals surface area contributed by atoms with Crippen LogP contribution in [0.2, 0.25) is 0 Å². The highest BCUT2D eigenvalue weighted by atomic mass is 19.1. The first kappa shape index (κ1) is 16.5. The summed E-state index contributed by atoms with van der Waals surface area (Å²) in [4.78, 5) is 24.7. The molecular formula is C18H15FN4O2. The number of hydrazone groups is 1. The molecule has 3 aromatic rings.